The molecule has 18 heavy (non-hydrogen) atoms. The zero-order valence-corrected chi connectivity index (χ0v) is 11.9. The van der Waals surface area contributed by atoms with E-state index >= 15 is 0 Å². The summed E-state index contributed by atoms with van der Waals surface area (Å²) in [5.41, 5.74) is 1.69. The average molecular weight is 258 g/mol. The molecule has 89 valence electrons. The number of aromatic nitrogens is 2. The van der Waals surface area contributed by atoms with Crippen molar-refractivity contribution in [2.24, 2.45) is 0 Å². The van der Waals surface area contributed by atoms with Gasteiger partial charge in [0.15, 0.2) is 0 Å². The Bertz CT molecular complexity index is 691. The first-order chi connectivity index (χ1) is 8.09. The minimum atomic E-state index is -0.553. The van der Waals surface area contributed by atoms with Crippen LogP contribution in [0.1, 0.15) is 6.92 Å². The summed E-state index contributed by atoms with van der Waals surface area (Å²) in [6.07, 6.45) is 0. The molecular weight excluding hydrogens is 249 g/mol. The van der Waals surface area contributed by atoms with E-state index in [1.165, 1.54) is 19.1 Å². The summed E-state index contributed by atoms with van der Waals surface area (Å²) in [7, 11) is 0. The molecule has 1 aromatic heterocycles. The van der Waals surface area contributed by atoms with Crippen molar-refractivity contribution >= 4 is 52.0 Å². The maximum absolute atomic E-state index is 11.6. The van der Waals surface area contributed by atoms with Gasteiger partial charge in [-0.2, -0.15) is 0 Å². The molecule has 1 aromatic carbocycles. The Balaban J connectivity index is 0.00000162. The van der Waals surface area contributed by atoms with E-state index in [2.05, 4.69) is 20.5 Å². The number of anilines is 1. The van der Waals surface area contributed by atoms with Gasteiger partial charge in [-0.25, -0.2) is 5.48 Å². The van der Waals surface area contributed by atoms with Gasteiger partial charge in [-0.1, -0.05) is 6.07 Å². The number of nitrogens with one attached hydrogen (secondary N) is 3. The van der Waals surface area contributed by atoms with E-state index < -0.39 is 17.1 Å². The van der Waals surface area contributed by atoms with Crippen LogP contribution >= 0.6 is 0 Å². The quantitative estimate of drug-likeness (QED) is 0.508. The van der Waals surface area contributed by atoms with Crippen LogP contribution in [0.2, 0.25) is 0 Å². The van der Waals surface area contributed by atoms with Gasteiger partial charge in [-0.05, 0) is 12.1 Å². The number of carbonyl (C=O) groups excluding carboxylic acids is 1. The summed E-state index contributed by atoms with van der Waals surface area (Å²) in [5.74, 6) is -0.553. The largest absolute Gasteiger partial charge is 0.344 e. The standard InChI is InChI=1S/C10H9N3O4.Na/c1-5(14)17-13-7-4-2-3-6-8(7)10(16)12-11-9(6)15;/h2-4,13H,1H3,(H,11,15)(H,12,16);. The van der Waals surface area contributed by atoms with Gasteiger partial charge < -0.3 is 4.84 Å². The first kappa shape index (κ1) is 14.5. The van der Waals surface area contributed by atoms with E-state index in [9.17, 15) is 14.4 Å². The van der Waals surface area contributed by atoms with Crippen molar-refractivity contribution in [1.29, 1.82) is 0 Å². The molecule has 0 saturated heterocycles. The number of fused-ring (bicyclic) bond motifs is 1. The first-order valence-corrected chi connectivity index (χ1v) is 4.76. The SMILES string of the molecule is CC(=O)ONc1cccc2c(=O)[nH][nH]c(=O)c12.[Na]. The molecule has 0 aliphatic rings. The molecule has 3 N–H and O–H groups in total. The summed E-state index contributed by atoms with van der Waals surface area (Å²) in [5, 5.41) is 4.75. The third kappa shape index (κ3) is 2.81. The zero-order chi connectivity index (χ0) is 12.4. The van der Waals surface area contributed by atoms with Crippen molar-refractivity contribution in [2.45, 2.75) is 6.92 Å². The molecule has 0 bridgehead atoms. The Morgan fingerprint density at radius 3 is 2.56 bits per heavy atom. The smallest absolute Gasteiger partial charge is 0.329 e. The van der Waals surface area contributed by atoms with Crippen molar-refractivity contribution in [2.75, 3.05) is 5.48 Å². The Kier molecular flexibility index (Phi) is 4.71. The van der Waals surface area contributed by atoms with E-state index in [-0.39, 0.29) is 46.0 Å². The van der Waals surface area contributed by atoms with Gasteiger partial charge >= 0.3 is 5.97 Å². The van der Waals surface area contributed by atoms with Crippen molar-refractivity contribution in [3.8, 4) is 0 Å². The first-order valence-electron chi connectivity index (χ1n) is 4.76. The molecule has 7 nitrogen and oxygen atoms in total. The number of rotatable bonds is 2. The summed E-state index contributed by atoms with van der Waals surface area (Å²) in [6.45, 7) is 1.22. The molecule has 2 rings (SSSR count). The summed E-state index contributed by atoms with van der Waals surface area (Å²) in [4.78, 5) is 38.3. The number of benzene rings is 1. The molecule has 0 aliphatic heterocycles. The van der Waals surface area contributed by atoms with Gasteiger partial charge in [0.2, 0.25) is 0 Å². The molecule has 0 saturated carbocycles. The second-order valence-corrected chi connectivity index (χ2v) is 3.33. The van der Waals surface area contributed by atoms with Crippen LogP contribution in [-0.2, 0) is 9.63 Å². The van der Waals surface area contributed by atoms with E-state index in [4.69, 9.17) is 0 Å². The normalized spacial score (nSPS) is 9.61. The van der Waals surface area contributed by atoms with Crippen molar-refractivity contribution in [3.05, 3.63) is 38.9 Å². The molecule has 1 heterocycles. The predicted molar refractivity (Wildman–Crippen MR) is 66.3 cm³/mol. The van der Waals surface area contributed by atoms with Crippen LogP contribution in [0.15, 0.2) is 27.8 Å². The summed E-state index contributed by atoms with van der Waals surface area (Å²) < 4.78 is 0. The molecule has 0 fully saturated rings. The fraction of sp³-hybridized carbons (Fsp3) is 0.100. The second-order valence-electron chi connectivity index (χ2n) is 3.33. The third-order valence-electron chi connectivity index (χ3n) is 2.13. The molecule has 0 aliphatic carbocycles. The predicted octanol–water partition coefficient (Wildman–Crippen LogP) is -0.274. The number of H-pyrrole nitrogens is 2. The van der Waals surface area contributed by atoms with Gasteiger partial charge in [0.1, 0.15) is 0 Å². The summed E-state index contributed by atoms with van der Waals surface area (Å²) >= 11 is 0. The van der Waals surface area contributed by atoms with E-state index in [0.29, 0.717) is 0 Å². The van der Waals surface area contributed by atoms with Crippen molar-refractivity contribution < 1.29 is 9.63 Å². The van der Waals surface area contributed by atoms with Crippen LogP contribution < -0.4 is 16.6 Å². The Hall–Kier alpha value is -1.57. The fourth-order valence-corrected chi connectivity index (χ4v) is 1.44. The second kappa shape index (κ2) is 5.85. The van der Waals surface area contributed by atoms with Crippen LogP contribution in [-0.4, -0.2) is 45.7 Å². The number of hydrogen-bond donors (Lipinski definition) is 3. The van der Waals surface area contributed by atoms with Gasteiger partial charge in [0, 0.05) is 36.5 Å². The maximum atomic E-state index is 11.6. The molecule has 0 atom stereocenters. The summed E-state index contributed by atoms with van der Waals surface area (Å²) in [6, 6.07) is 4.60. The van der Waals surface area contributed by atoms with Gasteiger partial charge in [-0.15, -0.1) is 0 Å². The van der Waals surface area contributed by atoms with Gasteiger partial charge in [0.05, 0.1) is 16.5 Å². The molecule has 0 unspecified atom stereocenters. The third-order valence-corrected chi connectivity index (χ3v) is 2.13. The van der Waals surface area contributed by atoms with Crippen molar-refractivity contribution in [1.82, 2.24) is 10.2 Å². The number of hydrogen-bond acceptors (Lipinski definition) is 5. The topological polar surface area (TPSA) is 104 Å². The zero-order valence-electron chi connectivity index (χ0n) is 9.87. The minimum absolute atomic E-state index is 0. The molecular formula is C10H9N3NaO4. The Morgan fingerprint density at radius 2 is 1.89 bits per heavy atom. The number of carbonyl (C=O) groups is 1. The fourth-order valence-electron chi connectivity index (χ4n) is 1.44. The van der Waals surface area contributed by atoms with Gasteiger partial charge in [0.25, 0.3) is 11.1 Å². The van der Waals surface area contributed by atoms with E-state index in [1.807, 2.05) is 0 Å². The van der Waals surface area contributed by atoms with Crippen LogP contribution in [0.25, 0.3) is 10.8 Å². The van der Waals surface area contributed by atoms with Crippen LogP contribution in [0.5, 0.6) is 0 Å². The van der Waals surface area contributed by atoms with Crippen LogP contribution in [0.3, 0.4) is 0 Å². The Labute approximate surface area is 123 Å². The maximum Gasteiger partial charge on any atom is 0.329 e. The molecule has 8 heteroatoms. The minimum Gasteiger partial charge on any atom is -0.344 e. The monoisotopic (exact) mass is 258 g/mol. The van der Waals surface area contributed by atoms with Gasteiger partial charge in [-0.3, -0.25) is 24.6 Å². The van der Waals surface area contributed by atoms with Crippen LogP contribution in [0, 0.1) is 0 Å². The van der Waals surface area contributed by atoms with E-state index in [0.717, 1.165) is 0 Å². The molecule has 0 amide bonds. The number of aromatic amines is 2. The van der Waals surface area contributed by atoms with Crippen molar-refractivity contribution in [3.63, 3.8) is 0 Å². The Morgan fingerprint density at radius 1 is 1.22 bits per heavy atom. The molecule has 1 radical (unpaired) electrons. The molecule has 0 spiro atoms. The average Bonchev–Trinajstić information content (AvgIpc) is 2.31. The molecule has 2 aromatic rings. The van der Waals surface area contributed by atoms with Crippen LogP contribution in [0.4, 0.5) is 5.69 Å². The van der Waals surface area contributed by atoms with E-state index in [1.54, 1.807) is 6.07 Å².